The van der Waals surface area contributed by atoms with Crippen LogP contribution in [-0.2, 0) is 62.1 Å². The number of hydrogen-bond donors (Lipinski definition) is 3. The number of aromatic nitrogens is 2. The third-order valence-corrected chi connectivity index (χ3v) is 28.9. The van der Waals surface area contributed by atoms with Gasteiger partial charge in [-0.2, -0.15) is 16.8 Å². The molecule has 11 heterocycles. The molecule has 8 aromatic rings. The van der Waals surface area contributed by atoms with Crippen LogP contribution in [0.5, 0.6) is 17.2 Å². The monoisotopic (exact) mass is 1670 g/mol. The molecule has 3 amide bonds. The normalized spacial score (nSPS) is 22.2. The van der Waals surface area contributed by atoms with Crippen LogP contribution in [0.2, 0.25) is 0 Å². The number of hydrogen-bond acceptors (Lipinski definition) is 29. The fourth-order valence-electron chi connectivity index (χ4n) is 12.3. The van der Waals surface area contributed by atoms with E-state index in [1.807, 2.05) is 58.0 Å². The minimum atomic E-state index is -4.22. The number of fused-ring (bicyclic) bond motifs is 6. The van der Waals surface area contributed by atoms with Gasteiger partial charge < -0.3 is 38.7 Å². The number of β-lactam (4-membered cyclic amide) rings is 3. The van der Waals surface area contributed by atoms with E-state index in [-0.39, 0.29) is 89.1 Å². The minimum absolute atomic E-state index is 0. The van der Waals surface area contributed by atoms with Gasteiger partial charge in [-0.25, -0.2) is 37.5 Å². The molecule has 8 aliphatic heterocycles. The van der Waals surface area contributed by atoms with Crippen LogP contribution >= 0.6 is 81.5 Å². The number of aryl methyl sites for hydroxylation is 2. The number of ether oxygens (including phenoxy) is 4. The number of carboxylic acid groups (broad SMARTS) is 3. The Labute approximate surface area is 659 Å². The van der Waals surface area contributed by atoms with Crippen LogP contribution in [0, 0.1) is 13.8 Å². The van der Waals surface area contributed by atoms with Crippen LogP contribution in [0.25, 0.3) is 31.4 Å². The number of thiazole rings is 2. The van der Waals surface area contributed by atoms with E-state index in [1.54, 1.807) is 83.4 Å². The zero-order chi connectivity index (χ0) is 77.1. The summed E-state index contributed by atoms with van der Waals surface area (Å²) in [6, 6.07) is 31.6. The summed E-state index contributed by atoms with van der Waals surface area (Å²) in [7, 11) is -8.42. The highest BCUT2D eigenvalue weighted by molar-refractivity contribution is 8.15. The van der Waals surface area contributed by atoms with Crippen LogP contribution in [0.15, 0.2) is 178 Å². The van der Waals surface area contributed by atoms with Gasteiger partial charge in [-0.3, -0.25) is 39.1 Å². The number of aliphatic carboxylic acids is 3. The van der Waals surface area contributed by atoms with Crippen molar-refractivity contribution in [2.45, 2.75) is 111 Å². The number of carbonyl (C=O) groups is 6. The van der Waals surface area contributed by atoms with Crippen molar-refractivity contribution in [1.29, 1.82) is 0 Å². The molecule has 37 heteroatoms. The van der Waals surface area contributed by atoms with Crippen molar-refractivity contribution in [3.8, 4) is 17.2 Å². The highest BCUT2D eigenvalue weighted by atomic mass is 32.2. The van der Waals surface area contributed by atoms with Gasteiger partial charge in [0.25, 0.3) is 38.0 Å². The molecule has 3 N–H and O–H groups in total. The SMILES string of the molecule is C.CC(C)O[C@H]1C(=O)N2C(C(=O)O)=C(COc3ccc4nc(C5=N[C@@H](C)CS5)sc4c3)CS[C@H]12.Cc1ccc(S(=O)(=O)O[C@H]2C(=O)N3C(C(=O)O)=C(COc4ccc5ccc(=O)oc5c4)CS[C@H]23)cc1.Cc1ccc(S(=O)(=O)O[C@H]2C(=O)N3C(C(=O)O)=C(COc4ccc5nc(C6=N[C@@H](C)CS6)sc5c4)CS[C@H]23)cc1. The summed E-state index contributed by atoms with van der Waals surface area (Å²) in [5.41, 5.74) is 4.14. The van der Waals surface area contributed by atoms with Crippen molar-refractivity contribution in [3.05, 3.63) is 181 Å². The summed E-state index contributed by atoms with van der Waals surface area (Å²) in [6.07, 6.45) is -3.34. The molecular weight excluding hydrogens is 1600 g/mol. The second-order valence-electron chi connectivity index (χ2n) is 26.0. The average molecular weight is 1670 g/mol. The summed E-state index contributed by atoms with van der Waals surface area (Å²) < 4.78 is 91.6. The third kappa shape index (κ3) is 16.5. The number of thioether (sulfide) groups is 5. The maximum atomic E-state index is 12.9. The predicted octanol–water partition coefficient (Wildman–Crippen LogP) is 10.6. The zero-order valence-corrected chi connectivity index (χ0v) is 65.7. The van der Waals surface area contributed by atoms with Crippen LogP contribution < -0.4 is 19.8 Å². The van der Waals surface area contributed by atoms with Gasteiger partial charge >= 0.3 is 23.5 Å². The van der Waals surface area contributed by atoms with Crippen molar-refractivity contribution >= 4 is 179 Å². The molecule has 0 bridgehead atoms. The van der Waals surface area contributed by atoms with Gasteiger partial charge in [0.2, 0.25) is 0 Å². The standard InChI is InChI=1S/C26H23N3O7S4.C24H19NO9S2.C22H23N3O5S3.CH4/c1-13-3-6-17(7-4-13)40(33,34)36-21-24(30)29-20(26(31)32)15(12-38-25(21)29)10-35-16-5-8-18-19(9-16)39-23(28-18)22-27-14(2)11-37-22;1-13-2-7-17(8-3-13)36(30,31)34-21-22(27)25-20(24(28)29)15(12-35-23(21)25)11-32-16-6-4-14-5-9-19(26)33-18(14)10-16;1-10(2)30-17-20(26)25-16(22(27)28)12(9-32-21(17)25)7-29-13-4-5-14-15(6-13)33-19(24-14)18-23-11(3)8-31-18;/h3-9,14,21,25H,10-12H2,1-2H3,(H,31,32);2-10,21,23H,11-12H2,1H3,(H,28,29);4-6,10-11,17,21H,7-9H2,1-3H3,(H,27,28);1H4/t14-,21-,25+;21-,23+;11-,17-,21+;/m000./s1. The molecule has 8 aliphatic rings. The molecule has 0 spiro atoms. The van der Waals surface area contributed by atoms with Gasteiger partial charge in [0.05, 0.1) is 48.4 Å². The van der Waals surface area contributed by atoms with Crippen molar-refractivity contribution in [3.63, 3.8) is 0 Å². The van der Waals surface area contributed by atoms with Crippen molar-refractivity contribution in [1.82, 2.24) is 24.7 Å². The molecule has 110 heavy (non-hydrogen) atoms. The van der Waals surface area contributed by atoms with E-state index in [2.05, 4.69) is 33.8 Å². The first-order valence-electron chi connectivity index (χ1n) is 33.6. The lowest BCUT2D eigenvalue weighted by molar-refractivity contribution is -0.169. The Hall–Kier alpha value is -8.60. The second-order valence-corrected chi connectivity index (χ2v) is 36.5. The van der Waals surface area contributed by atoms with E-state index in [0.717, 1.165) is 73.0 Å². The molecule has 0 unspecified atom stereocenters. The average Bonchev–Trinajstić information content (AvgIpc) is 0.961. The van der Waals surface area contributed by atoms with Gasteiger partial charge in [0, 0.05) is 63.0 Å². The Morgan fingerprint density at radius 3 is 1.28 bits per heavy atom. The van der Waals surface area contributed by atoms with Crippen LogP contribution in [0.4, 0.5) is 0 Å². The fourth-order valence-corrected chi connectivity index (χ4v) is 22.6. The summed E-state index contributed by atoms with van der Waals surface area (Å²) in [4.78, 5) is 108. The quantitative estimate of drug-likeness (QED) is 0.0322. The fraction of sp³-hybridized carbons (Fsp3) is 0.329. The van der Waals surface area contributed by atoms with Crippen molar-refractivity contribution in [2.24, 2.45) is 9.98 Å². The number of aliphatic imine (C=N–C) groups is 2. The van der Waals surface area contributed by atoms with E-state index in [9.17, 15) is 65.7 Å². The minimum Gasteiger partial charge on any atom is -0.489 e. The van der Waals surface area contributed by atoms with Crippen molar-refractivity contribution < 1.29 is 92.7 Å². The summed E-state index contributed by atoms with van der Waals surface area (Å²) in [6.45, 7) is 11.4. The lowest BCUT2D eigenvalue weighted by atomic mass is 10.1. The Balaban J connectivity index is 0.000000145. The summed E-state index contributed by atoms with van der Waals surface area (Å²) in [5, 5.41) is 32.1. The topological polar surface area (TPSA) is 377 Å². The van der Waals surface area contributed by atoms with Crippen LogP contribution in [-0.4, -0.2) is 204 Å². The molecule has 0 radical (unpaired) electrons. The van der Waals surface area contributed by atoms with Gasteiger partial charge in [-0.15, -0.1) is 81.5 Å². The number of benzene rings is 5. The highest BCUT2D eigenvalue weighted by Crippen LogP contribution is 2.47. The largest absolute Gasteiger partial charge is 0.489 e. The van der Waals surface area contributed by atoms with Crippen LogP contribution in [0.3, 0.4) is 0 Å². The lowest BCUT2D eigenvalue weighted by Crippen LogP contribution is -2.66. The summed E-state index contributed by atoms with van der Waals surface area (Å²) >= 11 is 10.4. The molecule has 28 nitrogen and oxygen atoms in total. The number of amides is 3. The highest BCUT2D eigenvalue weighted by Gasteiger charge is 2.59. The summed E-state index contributed by atoms with van der Waals surface area (Å²) in [5.74, 6) is -1.21. The lowest BCUT2D eigenvalue weighted by Gasteiger charge is -2.49. The second kappa shape index (κ2) is 32.6. The van der Waals surface area contributed by atoms with E-state index in [1.165, 1.54) is 87.9 Å². The van der Waals surface area contributed by atoms with E-state index in [0.29, 0.717) is 56.7 Å². The Kier molecular flexibility index (Phi) is 23.6. The molecule has 0 saturated carbocycles. The van der Waals surface area contributed by atoms with E-state index >= 15 is 0 Å². The van der Waals surface area contributed by atoms with Crippen LogP contribution in [0.1, 0.15) is 56.3 Å². The first-order chi connectivity index (χ1) is 52.1. The first-order valence-corrected chi connectivity index (χ1v) is 43.1. The molecule has 0 aliphatic carbocycles. The first kappa shape index (κ1) is 79.5. The number of carbonyl (C=O) groups excluding carboxylic acids is 3. The molecule has 3 aromatic heterocycles. The molecular formula is C73H69N7O21S9. The van der Waals surface area contributed by atoms with Crippen molar-refractivity contribution in [2.75, 3.05) is 48.6 Å². The molecule has 3 fully saturated rings. The molecule has 8 atom stereocenters. The number of carboxylic acids is 3. The number of nitrogens with zero attached hydrogens (tertiary/aromatic N) is 7. The van der Waals surface area contributed by atoms with Gasteiger partial charge in [0.1, 0.15) is 96.0 Å². The molecule has 16 rings (SSSR count). The zero-order valence-electron chi connectivity index (χ0n) is 58.3. The third-order valence-electron chi connectivity index (χ3n) is 17.6. The predicted molar refractivity (Wildman–Crippen MR) is 422 cm³/mol. The maximum Gasteiger partial charge on any atom is 0.352 e. The smallest absolute Gasteiger partial charge is 0.352 e. The van der Waals surface area contributed by atoms with Gasteiger partial charge in [-0.05, 0) is 120 Å². The van der Waals surface area contributed by atoms with E-state index in [4.69, 9.17) is 31.7 Å². The van der Waals surface area contributed by atoms with E-state index < -0.39 is 84.6 Å². The molecule has 576 valence electrons. The van der Waals surface area contributed by atoms with Gasteiger partial charge in [0.15, 0.2) is 18.3 Å². The maximum absolute atomic E-state index is 12.9. The molecule has 5 aromatic carbocycles. The Morgan fingerprint density at radius 2 is 0.900 bits per heavy atom. The molecule has 3 saturated heterocycles. The Morgan fingerprint density at radius 1 is 0.527 bits per heavy atom. The Bertz CT molecular complexity index is 5530. The number of rotatable bonds is 22. The van der Waals surface area contributed by atoms with Gasteiger partial charge in [-0.1, -0.05) is 42.8 Å².